The number of anilines is 1. The third-order valence-electron chi connectivity index (χ3n) is 4.88. The van der Waals surface area contributed by atoms with Crippen LogP contribution in [0.5, 0.6) is 0 Å². The number of carbonyl (C=O) groups is 3. The minimum Gasteiger partial charge on any atom is -0.450 e. The molecule has 0 aliphatic carbocycles. The van der Waals surface area contributed by atoms with Crippen LogP contribution in [0.4, 0.5) is 10.5 Å². The van der Waals surface area contributed by atoms with E-state index in [1.807, 2.05) is 31.2 Å². The van der Waals surface area contributed by atoms with Crippen LogP contribution in [0.1, 0.15) is 39.2 Å². The Kier molecular flexibility index (Phi) is 6.82. The first-order valence-corrected chi connectivity index (χ1v) is 9.35. The van der Waals surface area contributed by atoms with E-state index in [-0.39, 0.29) is 23.9 Å². The van der Waals surface area contributed by atoms with Crippen LogP contribution in [0.15, 0.2) is 24.3 Å². The average Bonchev–Trinajstić information content (AvgIpc) is 2.64. The fourth-order valence-corrected chi connectivity index (χ4v) is 2.88. The highest BCUT2D eigenvalue weighted by Crippen LogP contribution is 2.22. The van der Waals surface area contributed by atoms with Crippen molar-refractivity contribution in [1.29, 1.82) is 0 Å². The van der Waals surface area contributed by atoms with Crippen molar-refractivity contribution in [3.05, 3.63) is 29.8 Å². The number of para-hydroxylation sites is 1. The number of amides is 3. The van der Waals surface area contributed by atoms with Crippen molar-refractivity contribution in [2.24, 2.45) is 5.41 Å². The van der Waals surface area contributed by atoms with Gasteiger partial charge in [-0.3, -0.25) is 9.59 Å². The van der Waals surface area contributed by atoms with Gasteiger partial charge in [-0.25, -0.2) is 4.79 Å². The van der Waals surface area contributed by atoms with Crippen LogP contribution >= 0.6 is 0 Å². The van der Waals surface area contributed by atoms with Gasteiger partial charge in [0.25, 0.3) is 0 Å². The van der Waals surface area contributed by atoms with Crippen molar-refractivity contribution < 1.29 is 19.1 Å². The maximum Gasteiger partial charge on any atom is 0.409 e. The fourth-order valence-electron chi connectivity index (χ4n) is 2.88. The fraction of sp³-hybridized carbons (Fsp3) is 0.550. The van der Waals surface area contributed by atoms with Gasteiger partial charge in [0.15, 0.2) is 0 Å². The third kappa shape index (κ3) is 5.21. The maximum absolute atomic E-state index is 12.7. The molecular weight excluding hydrogens is 346 g/mol. The van der Waals surface area contributed by atoms with Crippen LogP contribution in [-0.2, 0) is 14.3 Å². The molecule has 27 heavy (non-hydrogen) atoms. The van der Waals surface area contributed by atoms with Gasteiger partial charge in [-0.2, -0.15) is 0 Å². The largest absolute Gasteiger partial charge is 0.450 e. The minimum atomic E-state index is -1.21. The van der Waals surface area contributed by atoms with Gasteiger partial charge >= 0.3 is 6.09 Å². The topological polar surface area (TPSA) is 87.7 Å². The second-order valence-electron chi connectivity index (χ2n) is 7.33. The highest BCUT2D eigenvalue weighted by molar-refractivity contribution is 6.10. The number of ether oxygens (including phenoxy) is 1. The number of piperidine rings is 1. The number of nitrogens with one attached hydrogen (secondary N) is 2. The van der Waals surface area contributed by atoms with Crippen LogP contribution in [0.25, 0.3) is 0 Å². The number of likely N-dealkylation sites (tertiary alicyclic amines) is 1. The molecule has 2 N–H and O–H groups in total. The zero-order valence-electron chi connectivity index (χ0n) is 16.5. The molecule has 0 unspecified atom stereocenters. The van der Waals surface area contributed by atoms with Crippen LogP contribution in [0.3, 0.4) is 0 Å². The van der Waals surface area contributed by atoms with Crippen LogP contribution < -0.4 is 10.6 Å². The van der Waals surface area contributed by atoms with E-state index in [1.165, 1.54) is 0 Å². The zero-order chi connectivity index (χ0) is 20.0. The van der Waals surface area contributed by atoms with Gasteiger partial charge in [0.2, 0.25) is 11.8 Å². The Morgan fingerprint density at radius 2 is 1.78 bits per heavy atom. The molecule has 0 spiro atoms. The summed E-state index contributed by atoms with van der Waals surface area (Å²) in [6.45, 7) is 8.31. The molecule has 1 aromatic carbocycles. The summed E-state index contributed by atoms with van der Waals surface area (Å²) in [5, 5.41) is 5.79. The summed E-state index contributed by atoms with van der Waals surface area (Å²) in [6, 6.07) is 7.39. The summed E-state index contributed by atoms with van der Waals surface area (Å²) in [5.41, 5.74) is 0.431. The van der Waals surface area contributed by atoms with Crippen LogP contribution in [-0.4, -0.2) is 48.5 Å². The molecule has 1 aliphatic rings. The van der Waals surface area contributed by atoms with E-state index in [0.717, 1.165) is 5.56 Å². The lowest BCUT2D eigenvalue weighted by Gasteiger charge is -2.33. The first-order chi connectivity index (χ1) is 12.8. The predicted octanol–water partition coefficient (Wildman–Crippen LogP) is 2.70. The Hall–Kier alpha value is -2.57. The predicted molar refractivity (Wildman–Crippen MR) is 103 cm³/mol. The summed E-state index contributed by atoms with van der Waals surface area (Å²) in [5.74, 6) is -0.665. The molecule has 0 atom stereocenters. The van der Waals surface area contributed by atoms with E-state index >= 15 is 0 Å². The molecule has 1 heterocycles. The molecule has 7 heteroatoms. The Morgan fingerprint density at radius 1 is 1.15 bits per heavy atom. The summed E-state index contributed by atoms with van der Waals surface area (Å²) < 4.78 is 5.00. The van der Waals surface area contributed by atoms with Gasteiger partial charge in [-0.05, 0) is 52.2 Å². The zero-order valence-corrected chi connectivity index (χ0v) is 16.5. The number of hydrogen-bond donors (Lipinski definition) is 2. The molecule has 3 amide bonds. The molecule has 1 fully saturated rings. The number of nitrogens with zero attached hydrogens (tertiary/aromatic N) is 1. The molecule has 1 aromatic rings. The Bertz CT molecular complexity index is 694. The van der Waals surface area contributed by atoms with Crippen LogP contribution in [0.2, 0.25) is 0 Å². The number of hydrogen-bond acceptors (Lipinski definition) is 4. The van der Waals surface area contributed by atoms with Crippen molar-refractivity contribution in [3.63, 3.8) is 0 Å². The number of rotatable bonds is 5. The van der Waals surface area contributed by atoms with E-state index in [9.17, 15) is 14.4 Å². The van der Waals surface area contributed by atoms with Crippen molar-refractivity contribution in [2.45, 2.75) is 46.6 Å². The summed E-state index contributed by atoms with van der Waals surface area (Å²) >= 11 is 0. The van der Waals surface area contributed by atoms with Gasteiger partial charge < -0.3 is 20.3 Å². The highest BCUT2D eigenvalue weighted by atomic mass is 16.6. The Balaban J connectivity index is 1.90. The molecule has 2 rings (SSSR count). The minimum absolute atomic E-state index is 0.0614. The summed E-state index contributed by atoms with van der Waals surface area (Å²) in [4.78, 5) is 38.7. The first kappa shape index (κ1) is 20.7. The Labute approximate surface area is 160 Å². The summed E-state index contributed by atoms with van der Waals surface area (Å²) in [7, 11) is 0. The lowest BCUT2D eigenvalue weighted by atomic mass is 9.89. The number of benzene rings is 1. The third-order valence-corrected chi connectivity index (χ3v) is 4.88. The van der Waals surface area contributed by atoms with E-state index < -0.39 is 5.41 Å². The van der Waals surface area contributed by atoms with Gasteiger partial charge in [-0.1, -0.05) is 18.2 Å². The van der Waals surface area contributed by atoms with Gasteiger partial charge in [0.1, 0.15) is 5.41 Å². The Morgan fingerprint density at radius 3 is 2.37 bits per heavy atom. The lowest BCUT2D eigenvalue weighted by Crippen LogP contribution is -2.52. The quantitative estimate of drug-likeness (QED) is 0.775. The van der Waals surface area contributed by atoms with Gasteiger partial charge in [0, 0.05) is 24.8 Å². The molecule has 7 nitrogen and oxygen atoms in total. The SMILES string of the molecule is CCOC(=O)N1CCC(NC(=O)C(C)(C)C(=O)Nc2ccccc2C)CC1. The van der Waals surface area contributed by atoms with Crippen molar-refractivity contribution in [1.82, 2.24) is 10.2 Å². The highest BCUT2D eigenvalue weighted by Gasteiger charge is 2.38. The van der Waals surface area contributed by atoms with Crippen molar-refractivity contribution in [2.75, 3.05) is 25.0 Å². The number of carbonyl (C=O) groups excluding carboxylic acids is 3. The second kappa shape index (κ2) is 8.88. The smallest absolute Gasteiger partial charge is 0.409 e. The van der Waals surface area contributed by atoms with E-state index in [2.05, 4.69) is 10.6 Å². The van der Waals surface area contributed by atoms with Gasteiger partial charge in [-0.15, -0.1) is 0 Å². The molecule has 1 saturated heterocycles. The monoisotopic (exact) mass is 375 g/mol. The molecule has 1 aliphatic heterocycles. The first-order valence-electron chi connectivity index (χ1n) is 9.35. The molecule has 148 valence electrons. The maximum atomic E-state index is 12.7. The van der Waals surface area contributed by atoms with E-state index in [1.54, 1.807) is 25.7 Å². The molecule has 0 saturated carbocycles. The molecule has 0 radical (unpaired) electrons. The molecule has 0 aromatic heterocycles. The lowest BCUT2D eigenvalue weighted by molar-refractivity contribution is -0.139. The summed E-state index contributed by atoms with van der Waals surface area (Å²) in [6.07, 6.45) is 0.959. The van der Waals surface area contributed by atoms with E-state index in [0.29, 0.717) is 38.2 Å². The van der Waals surface area contributed by atoms with Crippen molar-refractivity contribution >= 4 is 23.6 Å². The molecular formula is C20H29N3O4. The second-order valence-corrected chi connectivity index (χ2v) is 7.33. The normalized spacial score (nSPS) is 15.2. The van der Waals surface area contributed by atoms with E-state index in [4.69, 9.17) is 4.74 Å². The standard InChI is InChI=1S/C20H29N3O4/c1-5-27-19(26)23-12-10-15(11-13-23)21-17(24)20(3,4)18(25)22-16-9-7-6-8-14(16)2/h6-9,15H,5,10-13H2,1-4H3,(H,21,24)(H,22,25). The van der Waals surface area contributed by atoms with Gasteiger partial charge in [0.05, 0.1) is 6.61 Å². The average molecular weight is 375 g/mol. The molecule has 0 bridgehead atoms. The van der Waals surface area contributed by atoms with Crippen LogP contribution in [0, 0.1) is 12.3 Å². The number of aryl methyl sites for hydroxylation is 1. The van der Waals surface area contributed by atoms with Crippen molar-refractivity contribution in [3.8, 4) is 0 Å².